The Kier molecular flexibility index (Phi) is 3.65. The topological polar surface area (TPSA) is 63.8 Å². The molecule has 0 saturated heterocycles. The minimum Gasteiger partial charge on any atom is -0.339 e. The van der Waals surface area contributed by atoms with E-state index >= 15 is 0 Å². The van der Waals surface area contributed by atoms with Gasteiger partial charge >= 0.3 is 0 Å². The number of fused-ring (bicyclic) bond motifs is 1. The van der Waals surface area contributed by atoms with Crippen molar-refractivity contribution in [3.63, 3.8) is 0 Å². The van der Waals surface area contributed by atoms with Crippen LogP contribution in [0.2, 0.25) is 0 Å². The number of aromatic nitrogens is 3. The van der Waals surface area contributed by atoms with Crippen molar-refractivity contribution < 1.29 is 8.91 Å². The normalized spacial score (nSPS) is 11.0. The molecular weight excluding hydrogens is 319 g/mol. The summed E-state index contributed by atoms with van der Waals surface area (Å²) in [4.78, 5) is 8.47. The van der Waals surface area contributed by atoms with Gasteiger partial charge in [0.05, 0.1) is 0 Å². The summed E-state index contributed by atoms with van der Waals surface area (Å²) in [6, 6.07) is 12.2. The summed E-state index contributed by atoms with van der Waals surface area (Å²) in [5, 5.41) is 8.06. The SMILES string of the molecule is Cc1cc(C)cc(Nc2ncnc3onc(-c4ccc(F)cc4)c23)c1. The lowest BCUT2D eigenvalue weighted by molar-refractivity contribution is 0.451. The van der Waals surface area contributed by atoms with E-state index in [4.69, 9.17) is 4.52 Å². The number of benzene rings is 2. The second-order valence-corrected chi connectivity index (χ2v) is 5.94. The van der Waals surface area contributed by atoms with Crippen LogP contribution in [0.1, 0.15) is 11.1 Å². The van der Waals surface area contributed by atoms with E-state index in [1.807, 2.05) is 26.0 Å². The molecule has 2 aromatic heterocycles. The first-order valence-electron chi connectivity index (χ1n) is 7.82. The molecule has 1 N–H and O–H groups in total. The van der Waals surface area contributed by atoms with Crippen LogP contribution in [-0.2, 0) is 0 Å². The second kappa shape index (κ2) is 5.98. The lowest BCUT2D eigenvalue weighted by Gasteiger charge is -2.09. The van der Waals surface area contributed by atoms with Crippen LogP contribution in [0.4, 0.5) is 15.9 Å². The molecule has 25 heavy (non-hydrogen) atoms. The molecular formula is C19H15FN4O. The average molecular weight is 334 g/mol. The maximum Gasteiger partial charge on any atom is 0.263 e. The summed E-state index contributed by atoms with van der Waals surface area (Å²) in [5.74, 6) is 0.289. The number of hydrogen-bond donors (Lipinski definition) is 1. The largest absolute Gasteiger partial charge is 0.339 e. The molecule has 0 aliphatic heterocycles. The van der Waals surface area contributed by atoms with E-state index in [0.717, 1.165) is 22.4 Å². The Hall–Kier alpha value is -3.28. The highest BCUT2D eigenvalue weighted by Gasteiger charge is 2.17. The van der Waals surface area contributed by atoms with Crippen LogP contribution >= 0.6 is 0 Å². The van der Waals surface area contributed by atoms with Crippen molar-refractivity contribution in [3.8, 4) is 11.3 Å². The summed E-state index contributed by atoms with van der Waals surface area (Å²) in [7, 11) is 0. The molecule has 5 nitrogen and oxygen atoms in total. The van der Waals surface area contributed by atoms with Crippen LogP contribution in [0.25, 0.3) is 22.4 Å². The molecule has 0 bridgehead atoms. The van der Waals surface area contributed by atoms with Gasteiger partial charge < -0.3 is 9.84 Å². The van der Waals surface area contributed by atoms with Crippen LogP contribution in [0.3, 0.4) is 0 Å². The zero-order chi connectivity index (χ0) is 17.4. The van der Waals surface area contributed by atoms with Crippen LogP contribution in [0.5, 0.6) is 0 Å². The van der Waals surface area contributed by atoms with Crippen molar-refractivity contribution in [3.05, 3.63) is 65.7 Å². The lowest BCUT2D eigenvalue weighted by atomic mass is 10.1. The molecule has 0 aliphatic rings. The summed E-state index contributed by atoms with van der Waals surface area (Å²) in [6.07, 6.45) is 1.42. The van der Waals surface area contributed by atoms with Gasteiger partial charge in [-0.25, -0.2) is 9.37 Å². The minimum absolute atomic E-state index is 0.304. The molecule has 0 atom stereocenters. The van der Waals surface area contributed by atoms with Gasteiger partial charge in [0.2, 0.25) is 0 Å². The highest BCUT2D eigenvalue weighted by atomic mass is 19.1. The molecule has 0 spiro atoms. The van der Waals surface area contributed by atoms with Crippen molar-refractivity contribution in [2.24, 2.45) is 0 Å². The Morgan fingerprint density at radius 3 is 2.40 bits per heavy atom. The van der Waals surface area contributed by atoms with Crippen molar-refractivity contribution in [1.29, 1.82) is 0 Å². The molecule has 0 amide bonds. The fourth-order valence-electron chi connectivity index (χ4n) is 2.87. The Morgan fingerprint density at radius 1 is 0.960 bits per heavy atom. The van der Waals surface area contributed by atoms with E-state index in [1.54, 1.807) is 12.1 Å². The zero-order valence-electron chi connectivity index (χ0n) is 13.7. The standard InChI is InChI=1S/C19H15FN4O/c1-11-7-12(2)9-15(8-11)23-18-16-17(13-3-5-14(20)6-4-13)24-25-19(16)22-10-21-18/h3-10H,1-2H3,(H,21,22,23). The smallest absolute Gasteiger partial charge is 0.263 e. The minimum atomic E-state index is -0.304. The number of nitrogens with zero attached hydrogens (tertiary/aromatic N) is 3. The third-order valence-corrected chi connectivity index (χ3v) is 3.87. The molecule has 0 saturated carbocycles. The predicted molar refractivity (Wildman–Crippen MR) is 94.2 cm³/mol. The molecule has 4 aromatic rings. The maximum atomic E-state index is 13.2. The van der Waals surface area contributed by atoms with Crippen molar-refractivity contribution in [2.75, 3.05) is 5.32 Å². The number of halogens is 1. The van der Waals surface area contributed by atoms with Crippen molar-refractivity contribution in [2.45, 2.75) is 13.8 Å². The fourth-order valence-corrected chi connectivity index (χ4v) is 2.87. The number of aryl methyl sites for hydroxylation is 2. The molecule has 0 unspecified atom stereocenters. The first-order chi connectivity index (χ1) is 12.1. The van der Waals surface area contributed by atoms with E-state index in [2.05, 4.69) is 26.5 Å². The monoisotopic (exact) mass is 334 g/mol. The van der Waals surface area contributed by atoms with E-state index in [-0.39, 0.29) is 5.82 Å². The average Bonchev–Trinajstić information content (AvgIpc) is 3.00. The zero-order valence-corrected chi connectivity index (χ0v) is 13.7. The first kappa shape index (κ1) is 15.3. The lowest BCUT2D eigenvalue weighted by Crippen LogP contribution is -1.96. The van der Waals surface area contributed by atoms with Crippen LogP contribution < -0.4 is 5.32 Å². The van der Waals surface area contributed by atoms with Gasteiger partial charge in [-0.1, -0.05) is 11.2 Å². The van der Waals surface area contributed by atoms with Crippen molar-refractivity contribution >= 4 is 22.6 Å². The van der Waals surface area contributed by atoms with Crippen LogP contribution in [0.15, 0.2) is 53.3 Å². The summed E-state index contributed by atoms with van der Waals surface area (Å²) in [6.45, 7) is 4.08. The van der Waals surface area contributed by atoms with E-state index in [0.29, 0.717) is 22.6 Å². The van der Waals surface area contributed by atoms with Gasteiger partial charge in [0, 0.05) is 11.3 Å². The maximum absolute atomic E-state index is 13.2. The molecule has 6 heteroatoms. The molecule has 124 valence electrons. The van der Waals surface area contributed by atoms with Crippen LogP contribution in [-0.4, -0.2) is 15.1 Å². The highest BCUT2D eigenvalue weighted by molar-refractivity contribution is 5.98. The number of hydrogen-bond acceptors (Lipinski definition) is 5. The molecule has 0 radical (unpaired) electrons. The quantitative estimate of drug-likeness (QED) is 0.584. The first-order valence-corrected chi connectivity index (χ1v) is 7.82. The summed E-state index contributed by atoms with van der Waals surface area (Å²) >= 11 is 0. The highest BCUT2D eigenvalue weighted by Crippen LogP contribution is 2.32. The summed E-state index contributed by atoms with van der Waals surface area (Å²) < 4.78 is 18.5. The van der Waals surface area contributed by atoms with E-state index in [9.17, 15) is 4.39 Å². The van der Waals surface area contributed by atoms with Gasteiger partial charge in [0.15, 0.2) is 0 Å². The molecule has 4 rings (SSSR count). The Bertz CT molecular complexity index is 1040. The fraction of sp³-hybridized carbons (Fsp3) is 0.105. The summed E-state index contributed by atoms with van der Waals surface area (Å²) in [5.41, 5.74) is 4.90. The van der Waals surface area contributed by atoms with Crippen molar-refractivity contribution in [1.82, 2.24) is 15.1 Å². The van der Waals surface area contributed by atoms with E-state index in [1.165, 1.54) is 18.5 Å². The van der Waals surface area contributed by atoms with Crippen LogP contribution in [0, 0.1) is 19.7 Å². The molecule has 0 fully saturated rings. The van der Waals surface area contributed by atoms with Gasteiger partial charge in [-0.2, -0.15) is 4.98 Å². The third-order valence-electron chi connectivity index (χ3n) is 3.87. The third kappa shape index (κ3) is 2.94. The number of rotatable bonds is 3. The van der Waals surface area contributed by atoms with Gasteiger partial charge in [-0.05, 0) is 61.4 Å². The number of anilines is 2. The Labute approximate surface area is 143 Å². The Morgan fingerprint density at radius 2 is 1.68 bits per heavy atom. The van der Waals surface area contributed by atoms with Gasteiger partial charge in [-0.3, -0.25) is 0 Å². The second-order valence-electron chi connectivity index (χ2n) is 5.94. The molecule has 0 aliphatic carbocycles. The van der Waals surface area contributed by atoms with Gasteiger partial charge in [-0.15, -0.1) is 0 Å². The van der Waals surface area contributed by atoms with E-state index < -0.39 is 0 Å². The predicted octanol–water partition coefficient (Wildman–Crippen LogP) is 4.78. The van der Waals surface area contributed by atoms with Gasteiger partial charge in [0.1, 0.15) is 29.0 Å². The molecule has 2 heterocycles. The molecule has 2 aromatic carbocycles. The van der Waals surface area contributed by atoms with Gasteiger partial charge in [0.25, 0.3) is 5.71 Å². The Balaban J connectivity index is 1.84. The number of nitrogens with one attached hydrogen (secondary N) is 1.